The third-order valence-electron chi connectivity index (χ3n) is 2.53. The van der Waals surface area contributed by atoms with Crippen molar-refractivity contribution >= 4 is 47.6 Å². The standard InChI is InChI=1S/C13H28N4OS.HI/c1-6-8-15-11(18)9-16-12(14-7-2)17-10-13(3,4)19-5;/h6-10H2,1-5H3,(H,15,18)(H2,14,16,17);1H. The minimum absolute atomic E-state index is 0. The lowest BCUT2D eigenvalue weighted by atomic mass is 10.2. The summed E-state index contributed by atoms with van der Waals surface area (Å²) in [7, 11) is 0. The number of nitrogens with one attached hydrogen (secondary N) is 3. The van der Waals surface area contributed by atoms with Gasteiger partial charge in [-0.05, 0) is 33.4 Å². The molecular weight excluding hydrogens is 387 g/mol. The number of aliphatic imine (C=N–C) groups is 1. The van der Waals surface area contributed by atoms with E-state index >= 15 is 0 Å². The van der Waals surface area contributed by atoms with Crippen molar-refractivity contribution < 1.29 is 4.79 Å². The van der Waals surface area contributed by atoms with E-state index < -0.39 is 0 Å². The molecule has 1 amide bonds. The van der Waals surface area contributed by atoms with Crippen LogP contribution in [0.25, 0.3) is 0 Å². The van der Waals surface area contributed by atoms with Gasteiger partial charge in [0.2, 0.25) is 5.91 Å². The highest BCUT2D eigenvalue weighted by Gasteiger charge is 2.16. The summed E-state index contributed by atoms with van der Waals surface area (Å²) in [6.07, 6.45) is 3.03. The van der Waals surface area contributed by atoms with Gasteiger partial charge >= 0.3 is 0 Å². The fourth-order valence-electron chi connectivity index (χ4n) is 1.18. The maximum atomic E-state index is 11.5. The zero-order chi connectivity index (χ0) is 14.7. The molecule has 0 radical (unpaired) electrons. The van der Waals surface area contributed by atoms with E-state index in [2.05, 4.69) is 41.0 Å². The number of guanidine groups is 1. The van der Waals surface area contributed by atoms with Crippen molar-refractivity contribution in [1.82, 2.24) is 16.0 Å². The maximum absolute atomic E-state index is 11.5. The van der Waals surface area contributed by atoms with Gasteiger partial charge in [0.15, 0.2) is 5.96 Å². The van der Waals surface area contributed by atoms with E-state index in [9.17, 15) is 4.79 Å². The van der Waals surface area contributed by atoms with Gasteiger partial charge in [0.25, 0.3) is 0 Å². The van der Waals surface area contributed by atoms with Crippen molar-refractivity contribution in [3.8, 4) is 0 Å². The van der Waals surface area contributed by atoms with Gasteiger partial charge in [-0.2, -0.15) is 11.8 Å². The number of rotatable bonds is 8. The first-order valence-corrected chi connectivity index (χ1v) is 8.01. The maximum Gasteiger partial charge on any atom is 0.241 e. The highest BCUT2D eigenvalue weighted by molar-refractivity contribution is 14.0. The summed E-state index contributed by atoms with van der Waals surface area (Å²) in [6.45, 7) is 10.8. The molecule has 3 N–H and O–H groups in total. The van der Waals surface area contributed by atoms with Crippen LogP contribution in [0.2, 0.25) is 0 Å². The Hall–Kier alpha value is -0.180. The van der Waals surface area contributed by atoms with Gasteiger partial charge in [-0.15, -0.1) is 24.0 Å². The second-order valence-corrected chi connectivity index (χ2v) is 6.38. The average molecular weight is 416 g/mol. The number of amides is 1. The molecule has 0 saturated carbocycles. The number of thioether (sulfide) groups is 1. The van der Waals surface area contributed by atoms with Crippen LogP contribution in [0.4, 0.5) is 0 Å². The van der Waals surface area contributed by atoms with Gasteiger partial charge < -0.3 is 16.0 Å². The Bertz CT molecular complexity index is 298. The fourth-order valence-corrected chi connectivity index (χ4v) is 1.40. The second kappa shape index (κ2) is 12.6. The predicted octanol–water partition coefficient (Wildman–Crippen LogP) is 1.83. The molecular formula is C13H29IN4OS. The molecule has 0 aromatic heterocycles. The van der Waals surface area contributed by atoms with E-state index in [-0.39, 0.29) is 41.2 Å². The van der Waals surface area contributed by atoms with Gasteiger partial charge in [0, 0.05) is 24.4 Å². The van der Waals surface area contributed by atoms with Crippen molar-refractivity contribution in [3.05, 3.63) is 0 Å². The molecule has 0 aliphatic carbocycles. The highest BCUT2D eigenvalue weighted by Crippen LogP contribution is 2.19. The lowest BCUT2D eigenvalue weighted by molar-refractivity contribution is -0.119. The molecule has 5 nitrogen and oxygen atoms in total. The summed E-state index contributed by atoms with van der Waals surface area (Å²) in [5.41, 5.74) is 0. The minimum atomic E-state index is -0.0387. The van der Waals surface area contributed by atoms with E-state index in [4.69, 9.17) is 0 Å². The van der Waals surface area contributed by atoms with E-state index in [0.29, 0.717) is 12.5 Å². The van der Waals surface area contributed by atoms with Gasteiger partial charge in [0.05, 0.1) is 0 Å². The molecule has 0 aromatic rings. The SMILES string of the molecule is CCCNC(=O)CN=C(NCC)NCC(C)(C)SC.I. The van der Waals surface area contributed by atoms with E-state index in [1.807, 2.05) is 13.8 Å². The smallest absolute Gasteiger partial charge is 0.241 e. The average Bonchev–Trinajstić information content (AvgIpc) is 2.39. The van der Waals surface area contributed by atoms with E-state index in [1.165, 1.54) is 0 Å². The Kier molecular flexibility index (Phi) is 13.9. The van der Waals surface area contributed by atoms with Crippen LogP contribution < -0.4 is 16.0 Å². The van der Waals surface area contributed by atoms with Gasteiger partial charge in [0.1, 0.15) is 6.54 Å². The Balaban J connectivity index is 0. The number of hydrogen-bond donors (Lipinski definition) is 3. The largest absolute Gasteiger partial charge is 0.357 e. The quantitative estimate of drug-likeness (QED) is 0.321. The Morgan fingerprint density at radius 3 is 2.35 bits per heavy atom. The molecule has 7 heteroatoms. The third kappa shape index (κ3) is 11.6. The molecule has 0 saturated heterocycles. The fraction of sp³-hybridized carbons (Fsp3) is 0.846. The zero-order valence-corrected chi connectivity index (χ0v) is 16.4. The Labute approximate surface area is 144 Å². The van der Waals surface area contributed by atoms with Crippen molar-refractivity contribution in [1.29, 1.82) is 0 Å². The van der Waals surface area contributed by atoms with Crippen LogP contribution in [0.5, 0.6) is 0 Å². The molecule has 0 unspecified atom stereocenters. The predicted molar refractivity (Wildman–Crippen MR) is 100 cm³/mol. The van der Waals surface area contributed by atoms with Gasteiger partial charge in [-0.25, -0.2) is 4.99 Å². The highest BCUT2D eigenvalue weighted by atomic mass is 127. The topological polar surface area (TPSA) is 65.5 Å². The van der Waals surface area contributed by atoms with Crippen LogP contribution in [-0.4, -0.2) is 49.0 Å². The molecule has 0 aliphatic rings. The molecule has 0 rings (SSSR count). The molecule has 0 aromatic carbocycles. The summed E-state index contributed by atoms with van der Waals surface area (Å²) >= 11 is 1.80. The van der Waals surface area contributed by atoms with Crippen LogP contribution >= 0.6 is 35.7 Å². The second-order valence-electron chi connectivity index (χ2n) is 4.86. The lowest BCUT2D eigenvalue weighted by Crippen LogP contribution is -2.43. The number of nitrogens with zero attached hydrogens (tertiary/aromatic N) is 1. The summed E-state index contributed by atoms with van der Waals surface area (Å²) in [5.74, 6) is 0.652. The first kappa shape index (κ1) is 22.1. The minimum Gasteiger partial charge on any atom is -0.357 e. The Morgan fingerprint density at radius 2 is 1.85 bits per heavy atom. The van der Waals surface area contributed by atoms with Crippen molar-refractivity contribution in [2.24, 2.45) is 4.99 Å². The molecule has 120 valence electrons. The monoisotopic (exact) mass is 416 g/mol. The number of halogens is 1. The molecule has 0 aliphatic heterocycles. The summed E-state index contributed by atoms with van der Waals surface area (Å²) in [6, 6.07) is 0. The third-order valence-corrected chi connectivity index (χ3v) is 3.78. The molecule has 0 atom stereocenters. The summed E-state index contributed by atoms with van der Waals surface area (Å²) in [4.78, 5) is 15.8. The number of carbonyl (C=O) groups excluding carboxylic acids is 1. The van der Waals surface area contributed by atoms with Crippen molar-refractivity contribution in [2.45, 2.75) is 38.9 Å². The first-order chi connectivity index (χ1) is 8.95. The van der Waals surface area contributed by atoms with Crippen LogP contribution in [0, 0.1) is 0 Å². The molecule has 0 heterocycles. The number of carbonyl (C=O) groups is 1. The van der Waals surface area contributed by atoms with Gasteiger partial charge in [-0.1, -0.05) is 6.92 Å². The molecule has 20 heavy (non-hydrogen) atoms. The van der Waals surface area contributed by atoms with Crippen molar-refractivity contribution in [3.63, 3.8) is 0 Å². The van der Waals surface area contributed by atoms with E-state index in [0.717, 1.165) is 19.5 Å². The molecule has 0 bridgehead atoms. The van der Waals surface area contributed by atoms with Crippen molar-refractivity contribution in [2.75, 3.05) is 32.4 Å². The van der Waals surface area contributed by atoms with Crippen LogP contribution in [-0.2, 0) is 4.79 Å². The first-order valence-electron chi connectivity index (χ1n) is 6.79. The van der Waals surface area contributed by atoms with Gasteiger partial charge in [-0.3, -0.25) is 4.79 Å². The van der Waals surface area contributed by atoms with Crippen LogP contribution in [0.3, 0.4) is 0 Å². The van der Waals surface area contributed by atoms with Crippen LogP contribution in [0.1, 0.15) is 34.1 Å². The summed E-state index contributed by atoms with van der Waals surface area (Å²) < 4.78 is 0.140. The van der Waals surface area contributed by atoms with E-state index in [1.54, 1.807) is 11.8 Å². The van der Waals surface area contributed by atoms with Crippen LogP contribution in [0.15, 0.2) is 4.99 Å². The summed E-state index contributed by atoms with van der Waals surface area (Å²) in [5, 5.41) is 9.21. The Morgan fingerprint density at radius 1 is 1.20 bits per heavy atom. The normalized spacial score (nSPS) is 11.6. The number of hydrogen-bond acceptors (Lipinski definition) is 3. The molecule has 0 spiro atoms. The molecule has 0 fully saturated rings. The zero-order valence-electron chi connectivity index (χ0n) is 13.2. The lowest BCUT2D eigenvalue weighted by Gasteiger charge is -2.23.